The topological polar surface area (TPSA) is 78.9 Å². The van der Waals surface area contributed by atoms with Crippen molar-refractivity contribution in [2.45, 2.75) is 18.3 Å². The van der Waals surface area contributed by atoms with E-state index in [1.807, 2.05) is 41.8 Å². The van der Waals surface area contributed by atoms with Crippen LogP contribution in [0.3, 0.4) is 0 Å². The van der Waals surface area contributed by atoms with Gasteiger partial charge in [-0.15, -0.1) is 11.3 Å². The first-order valence-corrected chi connectivity index (χ1v) is 10.2. The Kier molecular flexibility index (Phi) is 3.52. The molecule has 3 aromatic rings. The van der Waals surface area contributed by atoms with Gasteiger partial charge in [0.1, 0.15) is 0 Å². The Morgan fingerprint density at radius 3 is 2.38 bits per heavy atom. The Labute approximate surface area is 170 Å². The lowest BCUT2D eigenvalue weighted by Gasteiger charge is -2.15. The Bertz CT molecular complexity index is 1140. The van der Waals surface area contributed by atoms with Crippen molar-refractivity contribution in [1.29, 1.82) is 0 Å². The average molecular weight is 408 g/mol. The minimum Gasteiger partial charge on any atom is -0.454 e. The van der Waals surface area contributed by atoms with Gasteiger partial charge in [0, 0.05) is 10.9 Å². The number of nitrogens with zero attached hydrogens (tertiary/aromatic N) is 1. The van der Waals surface area contributed by atoms with Gasteiger partial charge in [0.15, 0.2) is 28.1 Å². The highest BCUT2D eigenvalue weighted by molar-refractivity contribution is 7.14. The number of anilines is 1. The summed E-state index contributed by atoms with van der Waals surface area (Å²) >= 11 is 1.41. The molecule has 6 rings (SSSR count). The molecule has 1 aromatic heterocycles. The Hall–Kier alpha value is -3.26. The van der Waals surface area contributed by atoms with Gasteiger partial charge in [0.25, 0.3) is 0 Å². The van der Waals surface area contributed by atoms with Crippen LogP contribution in [-0.4, -0.2) is 24.5 Å². The molecule has 0 unspecified atom stereocenters. The van der Waals surface area contributed by atoms with Gasteiger partial charge in [-0.2, -0.15) is 0 Å². The summed E-state index contributed by atoms with van der Waals surface area (Å²) in [7, 11) is 0. The molecule has 0 spiro atoms. The van der Waals surface area contributed by atoms with Gasteiger partial charge < -0.3 is 24.3 Å². The molecule has 0 radical (unpaired) electrons. The predicted molar refractivity (Wildman–Crippen MR) is 106 cm³/mol. The van der Waals surface area contributed by atoms with E-state index >= 15 is 0 Å². The molecule has 1 amide bonds. The van der Waals surface area contributed by atoms with E-state index in [1.165, 1.54) is 11.3 Å². The van der Waals surface area contributed by atoms with Crippen LogP contribution in [0.2, 0.25) is 0 Å². The van der Waals surface area contributed by atoms with Crippen molar-refractivity contribution in [1.82, 2.24) is 4.98 Å². The van der Waals surface area contributed by atoms with Crippen molar-refractivity contribution < 1.29 is 23.7 Å². The highest BCUT2D eigenvalue weighted by Crippen LogP contribution is 2.51. The fraction of sp³-hybridized carbons (Fsp3) is 0.238. The van der Waals surface area contributed by atoms with Gasteiger partial charge in [-0.25, -0.2) is 4.98 Å². The molecule has 8 heteroatoms. The van der Waals surface area contributed by atoms with Crippen LogP contribution in [0.15, 0.2) is 41.8 Å². The minimum absolute atomic E-state index is 0.0389. The maximum Gasteiger partial charge on any atom is 0.236 e. The van der Waals surface area contributed by atoms with Crippen LogP contribution in [0.4, 0.5) is 5.13 Å². The number of nitrogens with one attached hydrogen (secondary N) is 1. The number of carbonyl (C=O) groups is 1. The highest BCUT2D eigenvalue weighted by Gasteiger charge is 2.52. The summed E-state index contributed by atoms with van der Waals surface area (Å²) in [5.74, 6) is 2.82. The third-order valence-electron chi connectivity index (χ3n) is 5.50. The maximum absolute atomic E-state index is 13.0. The van der Waals surface area contributed by atoms with Crippen LogP contribution >= 0.6 is 11.3 Å². The largest absolute Gasteiger partial charge is 0.454 e. The van der Waals surface area contributed by atoms with Gasteiger partial charge in [0.05, 0.1) is 11.1 Å². The monoisotopic (exact) mass is 408 g/mol. The Balaban J connectivity index is 1.22. The van der Waals surface area contributed by atoms with Gasteiger partial charge in [-0.05, 0) is 48.7 Å². The summed E-state index contributed by atoms with van der Waals surface area (Å²) in [6, 6.07) is 11.4. The fourth-order valence-electron chi connectivity index (χ4n) is 3.70. The molecule has 1 fully saturated rings. The second-order valence-electron chi connectivity index (χ2n) is 7.21. The first-order chi connectivity index (χ1) is 14.2. The molecule has 0 atom stereocenters. The van der Waals surface area contributed by atoms with Gasteiger partial charge >= 0.3 is 0 Å². The molecule has 3 heterocycles. The van der Waals surface area contributed by atoms with E-state index in [-0.39, 0.29) is 19.5 Å². The van der Waals surface area contributed by atoms with Crippen molar-refractivity contribution in [3.05, 3.63) is 47.3 Å². The minimum atomic E-state index is -0.522. The van der Waals surface area contributed by atoms with Crippen LogP contribution in [0.1, 0.15) is 18.4 Å². The lowest BCUT2D eigenvalue weighted by Crippen LogP contribution is -2.27. The van der Waals surface area contributed by atoms with Crippen molar-refractivity contribution in [2.24, 2.45) is 0 Å². The zero-order valence-corrected chi connectivity index (χ0v) is 16.1. The van der Waals surface area contributed by atoms with E-state index in [4.69, 9.17) is 18.9 Å². The second kappa shape index (κ2) is 6.12. The number of thiazole rings is 1. The number of carbonyl (C=O) groups excluding carboxylic acids is 1. The number of hydrogen-bond donors (Lipinski definition) is 1. The molecule has 146 valence electrons. The normalized spacial score (nSPS) is 17.2. The quantitative estimate of drug-likeness (QED) is 0.705. The maximum atomic E-state index is 13.0. The Morgan fingerprint density at radius 1 is 0.931 bits per heavy atom. The van der Waals surface area contributed by atoms with Crippen LogP contribution in [0.25, 0.3) is 11.3 Å². The summed E-state index contributed by atoms with van der Waals surface area (Å²) in [5, 5.41) is 5.50. The van der Waals surface area contributed by atoms with Crippen molar-refractivity contribution in [3.63, 3.8) is 0 Å². The van der Waals surface area contributed by atoms with Crippen LogP contribution in [0, 0.1) is 0 Å². The number of fused-ring (bicyclic) bond motifs is 2. The number of amides is 1. The lowest BCUT2D eigenvalue weighted by atomic mass is 9.94. The molecule has 1 N–H and O–H groups in total. The van der Waals surface area contributed by atoms with Crippen LogP contribution in [-0.2, 0) is 10.2 Å². The Morgan fingerprint density at radius 2 is 1.62 bits per heavy atom. The van der Waals surface area contributed by atoms with Crippen molar-refractivity contribution >= 4 is 22.4 Å². The molecule has 7 nitrogen and oxygen atoms in total. The van der Waals surface area contributed by atoms with E-state index in [2.05, 4.69) is 10.3 Å². The summed E-state index contributed by atoms with van der Waals surface area (Å²) in [6.07, 6.45) is 1.61. The smallest absolute Gasteiger partial charge is 0.236 e. The summed E-state index contributed by atoms with van der Waals surface area (Å²) in [6.45, 7) is 0.457. The highest BCUT2D eigenvalue weighted by atomic mass is 32.1. The molecular weight excluding hydrogens is 392 g/mol. The average Bonchev–Trinajstić information content (AvgIpc) is 3.11. The number of aromatic nitrogens is 1. The van der Waals surface area contributed by atoms with Crippen molar-refractivity contribution in [3.8, 4) is 34.3 Å². The number of rotatable bonds is 4. The van der Waals surface area contributed by atoms with E-state index in [0.717, 1.165) is 41.2 Å². The standard InChI is InChI=1S/C21H16N2O5S/c24-19(21(5-6-21)13-2-4-16-18(8-13)28-11-26-16)23-20-22-14(9-29-20)12-1-3-15-17(7-12)27-10-25-15/h1-4,7-9H,5-6,10-11H2,(H,22,23,24). The van der Waals surface area contributed by atoms with Gasteiger partial charge in [-0.1, -0.05) is 6.07 Å². The second-order valence-corrected chi connectivity index (χ2v) is 8.07. The third-order valence-corrected chi connectivity index (χ3v) is 6.26. The predicted octanol–water partition coefficient (Wildman–Crippen LogP) is 3.94. The van der Waals surface area contributed by atoms with E-state index < -0.39 is 5.41 Å². The molecule has 0 saturated heterocycles. The van der Waals surface area contributed by atoms with E-state index in [1.54, 1.807) is 0 Å². The fourth-order valence-corrected chi connectivity index (χ4v) is 4.42. The molecule has 2 aliphatic heterocycles. The summed E-state index contributed by atoms with van der Waals surface area (Å²) < 4.78 is 21.6. The zero-order valence-electron chi connectivity index (χ0n) is 15.3. The number of hydrogen-bond acceptors (Lipinski definition) is 7. The molecule has 1 saturated carbocycles. The lowest BCUT2D eigenvalue weighted by molar-refractivity contribution is -0.118. The number of benzene rings is 2. The van der Waals surface area contributed by atoms with Gasteiger partial charge in [0.2, 0.25) is 19.5 Å². The van der Waals surface area contributed by atoms with E-state index in [9.17, 15) is 4.79 Å². The molecular formula is C21H16N2O5S. The third kappa shape index (κ3) is 2.71. The molecule has 29 heavy (non-hydrogen) atoms. The summed E-state index contributed by atoms with van der Waals surface area (Å²) in [5.41, 5.74) is 2.14. The van der Waals surface area contributed by atoms with E-state index in [0.29, 0.717) is 16.6 Å². The number of ether oxygens (including phenoxy) is 4. The van der Waals surface area contributed by atoms with Crippen molar-refractivity contribution in [2.75, 3.05) is 18.9 Å². The first kappa shape index (κ1) is 16.7. The molecule has 2 aromatic carbocycles. The SMILES string of the molecule is O=C(Nc1nc(-c2ccc3c(c2)OCO3)cs1)C1(c2ccc3c(c2)OCO3)CC1. The van der Waals surface area contributed by atoms with Gasteiger partial charge in [-0.3, -0.25) is 4.79 Å². The molecule has 3 aliphatic rings. The summed E-state index contributed by atoms with van der Waals surface area (Å²) in [4.78, 5) is 17.6. The molecule has 1 aliphatic carbocycles. The molecule has 0 bridgehead atoms. The zero-order chi connectivity index (χ0) is 19.4. The van der Waals surface area contributed by atoms with Crippen LogP contribution < -0.4 is 24.3 Å². The van der Waals surface area contributed by atoms with Crippen LogP contribution in [0.5, 0.6) is 23.0 Å². The first-order valence-electron chi connectivity index (χ1n) is 9.28.